The minimum absolute atomic E-state index is 0.203. The summed E-state index contributed by atoms with van der Waals surface area (Å²) >= 11 is -2.44. The van der Waals surface area contributed by atoms with Crippen LogP contribution in [0.4, 0.5) is 0 Å². The fraction of sp³-hybridized carbons (Fsp3) is 0.205. The SMILES string of the molecule is CC(C)(C)c1ccc2c(c1)[cH-]c1cc(C(C)(C)C)ccc12.[Cl][Zr]([Cl])=[C](c1ccccc1)c1ccccc1.c1cc[cH-]c1. The average molecular weight is 671 g/mol. The summed E-state index contributed by atoms with van der Waals surface area (Å²) < 4.78 is 1.15. The van der Waals surface area contributed by atoms with Gasteiger partial charge in [0.05, 0.1) is 0 Å². The molecular formula is C39H40Cl2Zr-2. The van der Waals surface area contributed by atoms with Crippen molar-refractivity contribution in [3.8, 4) is 0 Å². The molecule has 6 rings (SSSR count). The van der Waals surface area contributed by atoms with E-state index in [4.69, 9.17) is 17.0 Å². The van der Waals surface area contributed by atoms with Gasteiger partial charge in [-0.2, -0.15) is 18.2 Å². The summed E-state index contributed by atoms with van der Waals surface area (Å²) in [5.41, 5.74) is 5.51. The molecule has 0 radical (unpaired) electrons. The van der Waals surface area contributed by atoms with E-state index in [1.54, 1.807) is 0 Å². The molecule has 0 saturated heterocycles. The molecule has 0 amide bonds. The molecule has 0 nitrogen and oxygen atoms in total. The first kappa shape index (κ1) is 32.3. The topological polar surface area (TPSA) is 0 Å². The molecule has 0 aromatic heterocycles. The second-order valence-corrected chi connectivity index (χ2v) is 20.7. The Bertz CT molecular complexity index is 1600. The molecule has 0 aliphatic carbocycles. The first-order chi connectivity index (χ1) is 19.9. The fourth-order valence-electron chi connectivity index (χ4n) is 4.87. The van der Waals surface area contributed by atoms with Gasteiger partial charge in [0.2, 0.25) is 0 Å². The van der Waals surface area contributed by atoms with Crippen LogP contribution in [0.25, 0.3) is 21.5 Å². The molecule has 0 atom stereocenters. The van der Waals surface area contributed by atoms with Crippen LogP contribution < -0.4 is 0 Å². The van der Waals surface area contributed by atoms with Crippen LogP contribution in [0.15, 0.2) is 133 Å². The molecule has 42 heavy (non-hydrogen) atoms. The van der Waals surface area contributed by atoms with E-state index in [0.717, 1.165) is 14.3 Å². The molecule has 0 aliphatic heterocycles. The van der Waals surface area contributed by atoms with Gasteiger partial charge in [0.1, 0.15) is 0 Å². The van der Waals surface area contributed by atoms with Crippen molar-refractivity contribution in [1.29, 1.82) is 0 Å². The summed E-state index contributed by atoms with van der Waals surface area (Å²) in [6.07, 6.45) is 0. The molecule has 0 fully saturated rings. The zero-order valence-electron chi connectivity index (χ0n) is 25.5. The van der Waals surface area contributed by atoms with E-state index in [1.807, 2.05) is 66.7 Å². The first-order valence-electron chi connectivity index (χ1n) is 14.4. The third-order valence-electron chi connectivity index (χ3n) is 7.31. The molecule has 0 saturated carbocycles. The number of hydrogen-bond acceptors (Lipinski definition) is 0. The minimum atomic E-state index is -2.44. The number of hydrogen-bond donors (Lipinski definition) is 0. The van der Waals surface area contributed by atoms with Crippen molar-refractivity contribution >= 4 is 41.8 Å². The van der Waals surface area contributed by atoms with Crippen LogP contribution in [-0.4, -0.2) is 3.21 Å². The summed E-state index contributed by atoms with van der Waals surface area (Å²) in [6, 6.07) is 46.5. The minimum Gasteiger partial charge on any atom is -0.214 e. The van der Waals surface area contributed by atoms with Gasteiger partial charge in [0.25, 0.3) is 0 Å². The Hall–Kier alpha value is -2.57. The Kier molecular flexibility index (Phi) is 11.0. The predicted octanol–water partition coefficient (Wildman–Crippen LogP) is 11.9. The van der Waals surface area contributed by atoms with Gasteiger partial charge in [-0.15, -0.1) is 39.7 Å². The maximum Gasteiger partial charge on any atom is -0.172 e. The monoisotopic (exact) mass is 668 g/mol. The third-order valence-corrected chi connectivity index (χ3v) is 11.9. The van der Waals surface area contributed by atoms with Crippen LogP contribution in [0.1, 0.15) is 63.8 Å². The van der Waals surface area contributed by atoms with Gasteiger partial charge < -0.3 is 0 Å². The quantitative estimate of drug-likeness (QED) is 0.161. The fourth-order valence-corrected chi connectivity index (χ4v) is 9.34. The van der Waals surface area contributed by atoms with E-state index in [0.29, 0.717) is 0 Å². The van der Waals surface area contributed by atoms with Gasteiger partial charge in [0.15, 0.2) is 0 Å². The Balaban J connectivity index is 0.000000170. The second-order valence-electron chi connectivity index (χ2n) is 12.6. The van der Waals surface area contributed by atoms with Crippen LogP contribution in [0.3, 0.4) is 0 Å². The number of rotatable bonds is 2. The molecular weight excluding hydrogens is 631 g/mol. The van der Waals surface area contributed by atoms with E-state index in [-0.39, 0.29) is 10.8 Å². The van der Waals surface area contributed by atoms with Crippen molar-refractivity contribution in [2.45, 2.75) is 52.4 Å². The van der Waals surface area contributed by atoms with E-state index in [9.17, 15) is 0 Å². The summed E-state index contributed by atoms with van der Waals surface area (Å²) in [5, 5.41) is 5.48. The van der Waals surface area contributed by atoms with Crippen LogP contribution in [0.2, 0.25) is 0 Å². The smallest absolute Gasteiger partial charge is 0.172 e. The van der Waals surface area contributed by atoms with E-state index >= 15 is 0 Å². The van der Waals surface area contributed by atoms with Gasteiger partial charge in [-0.25, -0.2) is 12.1 Å². The van der Waals surface area contributed by atoms with Gasteiger partial charge in [-0.05, 0) is 10.8 Å². The van der Waals surface area contributed by atoms with Crippen molar-refractivity contribution in [3.05, 3.63) is 156 Å². The van der Waals surface area contributed by atoms with Crippen LogP contribution >= 0.6 is 17.0 Å². The Morgan fingerprint density at radius 1 is 0.548 bits per heavy atom. The molecule has 216 valence electrons. The molecule has 0 N–H and O–H groups in total. The summed E-state index contributed by atoms with van der Waals surface area (Å²) in [5.74, 6) is 0. The van der Waals surface area contributed by atoms with Gasteiger partial charge in [-0.1, -0.05) is 76.9 Å². The molecule has 3 heteroatoms. The molecule has 0 unspecified atom stereocenters. The second kappa shape index (κ2) is 14.3. The molecule has 6 aromatic rings. The number of halogens is 2. The Morgan fingerprint density at radius 3 is 1.26 bits per heavy atom. The average Bonchev–Trinajstić information content (AvgIpc) is 3.65. The summed E-state index contributed by atoms with van der Waals surface area (Å²) in [7, 11) is 12.5. The van der Waals surface area contributed by atoms with Crippen LogP contribution in [0, 0.1) is 0 Å². The zero-order chi connectivity index (χ0) is 30.3. The van der Waals surface area contributed by atoms with Crippen molar-refractivity contribution in [3.63, 3.8) is 0 Å². The zero-order valence-corrected chi connectivity index (χ0v) is 29.4. The number of fused-ring (bicyclic) bond motifs is 3. The van der Waals surface area contributed by atoms with Crippen molar-refractivity contribution < 1.29 is 18.9 Å². The van der Waals surface area contributed by atoms with E-state index < -0.39 is 18.9 Å². The first-order valence-corrected chi connectivity index (χ1v) is 22.0. The predicted molar refractivity (Wildman–Crippen MR) is 184 cm³/mol. The Labute approximate surface area is 266 Å². The van der Waals surface area contributed by atoms with E-state index in [1.165, 1.54) is 32.7 Å². The standard InChI is InChI=1S/C21H25.C13H10.C5H5.2ClH.Zr/c1-20(2,3)16-7-9-18-14(12-16)11-15-13-17(21(4,5)6)8-10-19(15)18;1-3-7-12(8-4-1)11-13-9-5-2-6-10-13;1-2-4-5-3-1;;;/h7-13H,1-6H3;1-10H;1-5H;2*1H;/q-1;;-1;;;+2/p-2. The normalized spacial score (nSPS) is 11.3. The summed E-state index contributed by atoms with van der Waals surface area (Å²) in [6.45, 7) is 13.6. The van der Waals surface area contributed by atoms with Crippen molar-refractivity contribution in [2.75, 3.05) is 0 Å². The summed E-state index contributed by atoms with van der Waals surface area (Å²) in [4.78, 5) is 0. The third kappa shape index (κ3) is 8.51. The number of benzene rings is 4. The largest absolute Gasteiger partial charge is 0.214 e. The molecule has 0 spiro atoms. The van der Waals surface area contributed by atoms with Crippen LogP contribution in [0.5, 0.6) is 0 Å². The van der Waals surface area contributed by atoms with Gasteiger partial charge >= 0.3 is 111 Å². The molecule has 0 bridgehead atoms. The van der Waals surface area contributed by atoms with Crippen molar-refractivity contribution in [1.82, 2.24) is 0 Å². The van der Waals surface area contributed by atoms with Gasteiger partial charge in [0, 0.05) is 0 Å². The van der Waals surface area contributed by atoms with E-state index in [2.05, 4.69) is 108 Å². The molecule has 0 heterocycles. The maximum atomic E-state index is 6.24. The van der Waals surface area contributed by atoms with Crippen molar-refractivity contribution in [2.24, 2.45) is 0 Å². The molecule has 6 aromatic carbocycles. The Morgan fingerprint density at radius 2 is 0.952 bits per heavy atom. The van der Waals surface area contributed by atoms with Crippen LogP contribution in [-0.2, 0) is 29.7 Å². The maximum absolute atomic E-state index is 6.24. The van der Waals surface area contributed by atoms with Gasteiger partial charge in [-0.3, -0.25) is 0 Å². The molecule has 0 aliphatic rings.